The Bertz CT molecular complexity index is 108. The normalized spacial score (nSPS) is 8.08. The van der Waals surface area contributed by atoms with Crippen LogP contribution in [0.15, 0.2) is 12.7 Å². The SMILES string of the molecule is C=CCOCCCC.O=C(O)O. The predicted molar refractivity (Wildman–Crippen MR) is 46.6 cm³/mol. The van der Waals surface area contributed by atoms with Crippen molar-refractivity contribution in [2.24, 2.45) is 0 Å². The Morgan fingerprint density at radius 1 is 1.58 bits per heavy atom. The van der Waals surface area contributed by atoms with E-state index in [-0.39, 0.29) is 0 Å². The maximum Gasteiger partial charge on any atom is 0.503 e. The monoisotopic (exact) mass is 176 g/mol. The molecule has 0 aromatic heterocycles. The fourth-order valence-corrected chi connectivity index (χ4v) is 0.413. The molecule has 0 aliphatic heterocycles. The van der Waals surface area contributed by atoms with E-state index in [2.05, 4.69) is 13.5 Å². The van der Waals surface area contributed by atoms with Crippen molar-refractivity contribution in [2.75, 3.05) is 13.2 Å². The Kier molecular flexibility index (Phi) is 14.3. The molecule has 2 N–H and O–H groups in total. The van der Waals surface area contributed by atoms with Gasteiger partial charge in [-0.15, -0.1) is 6.58 Å². The van der Waals surface area contributed by atoms with Crippen molar-refractivity contribution in [2.45, 2.75) is 19.8 Å². The standard InChI is InChI=1S/C7H14O.CH2O3/c1-3-5-7-8-6-4-2;2-1(3)4/h4H,2-3,5-7H2,1H3;(H2,2,3,4). The fraction of sp³-hybridized carbons (Fsp3) is 0.625. The van der Waals surface area contributed by atoms with Crippen LogP contribution in [0.2, 0.25) is 0 Å². The van der Waals surface area contributed by atoms with Crippen LogP contribution in [-0.4, -0.2) is 29.6 Å². The van der Waals surface area contributed by atoms with Gasteiger partial charge >= 0.3 is 6.16 Å². The summed E-state index contributed by atoms with van der Waals surface area (Å²) in [7, 11) is 0. The summed E-state index contributed by atoms with van der Waals surface area (Å²) in [4.78, 5) is 8.56. The molecule has 0 rings (SSSR count). The summed E-state index contributed by atoms with van der Waals surface area (Å²) < 4.78 is 5.11. The number of ether oxygens (including phenoxy) is 1. The zero-order valence-electron chi connectivity index (χ0n) is 7.32. The maximum atomic E-state index is 8.56. The zero-order chi connectivity index (χ0) is 9.82. The highest BCUT2D eigenvalue weighted by atomic mass is 16.6. The Morgan fingerprint density at radius 3 is 2.42 bits per heavy atom. The van der Waals surface area contributed by atoms with Gasteiger partial charge in [0.05, 0.1) is 6.61 Å². The maximum absolute atomic E-state index is 8.56. The average Bonchev–Trinajstić information content (AvgIpc) is 1.97. The lowest BCUT2D eigenvalue weighted by Crippen LogP contribution is -1.91. The Labute approximate surface area is 72.5 Å². The summed E-state index contributed by atoms with van der Waals surface area (Å²) in [5.41, 5.74) is 0. The number of hydrogen-bond acceptors (Lipinski definition) is 2. The first-order valence-corrected chi connectivity index (χ1v) is 3.75. The lowest BCUT2D eigenvalue weighted by atomic mass is 10.4. The van der Waals surface area contributed by atoms with Crippen LogP contribution in [0.4, 0.5) is 4.79 Å². The Morgan fingerprint density at radius 2 is 2.08 bits per heavy atom. The van der Waals surface area contributed by atoms with Crippen LogP contribution in [0.25, 0.3) is 0 Å². The molecule has 0 atom stereocenters. The summed E-state index contributed by atoms with van der Waals surface area (Å²) in [5, 5.41) is 13.9. The van der Waals surface area contributed by atoms with E-state index in [0.717, 1.165) is 13.0 Å². The van der Waals surface area contributed by atoms with Crippen molar-refractivity contribution >= 4 is 6.16 Å². The van der Waals surface area contributed by atoms with Crippen LogP contribution < -0.4 is 0 Å². The lowest BCUT2D eigenvalue weighted by Gasteiger charge is -1.95. The van der Waals surface area contributed by atoms with E-state index in [4.69, 9.17) is 19.7 Å². The van der Waals surface area contributed by atoms with Crippen molar-refractivity contribution in [1.29, 1.82) is 0 Å². The van der Waals surface area contributed by atoms with Crippen molar-refractivity contribution < 1.29 is 19.7 Å². The molecule has 0 amide bonds. The van der Waals surface area contributed by atoms with Crippen molar-refractivity contribution in [3.63, 3.8) is 0 Å². The van der Waals surface area contributed by atoms with Gasteiger partial charge in [-0.05, 0) is 6.42 Å². The molecule has 0 aliphatic carbocycles. The van der Waals surface area contributed by atoms with E-state index in [0.29, 0.717) is 6.61 Å². The van der Waals surface area contributed by atoms with Gasteiger partial charge in [0.15, 0.2) is 0 Å². The number of carboxylic acid groups (broad SMARTS) is 2. The molecular formula is C8H16O4. The van der Waals surface area contributed by atoms with Crippen molar-refractivity contribution in [3.05, 3.63) is 12.7 Å². The minimum Gasteiger partial charge on any atom is -0.450 e. The Hall–Kier alpha value is -1.03. The Balaban J connectivity index is 0. The largest absolute Gasteiger partial charge is 0.503 e. The van der Waals surface area contributed by atoms with Gasteiger partial charge in [0.1, 0.15) is 0 Å². The molecule has 0 aromatic carbocycles. The van der Waals surface area contributed by atoms with Gasteiger partial charge in [-0.3, -0.25) is 0 Å². The second kappa shape index (κ2) is 12.6. The van der Waals surface area contributed by atoms with Crippen molar-refractivity contribution in [1.82, 2.24) is 0 Å². The zero-order valence-corrected chi connectivity index (χ0v) is 7.32. The van der Waals surface area contributed by atoms with Crippen LogP contribution in [0.5, 0.6) is 0 Å². The minimum absolute atomic E-state index is 0.694. The van der Waals surface area contributed by atoms with E-state index in [1.54, 1.807) is 6.08 Å². The molecule has 12 heavy (non-hydrogen) atoms. The topological polar surface area (TPSA) is 66.8 Å². The van der Waals surface area contributed by atoms with E-state index in [9.17, 15) is 0 Å². The molecule has 0 spiro atoms. The molecule has 0 aromatic rings. The average molecular weight is 176 g/mol. The number of carbonyl (C=O) groups is 1. The van der Waals surface area contributed by atoms with Crippen molar-refractivity contribution in [3.8, 4) is 0 Å². The van der Waals surface area contributed by atoms with Gasteiger partial charge < -0.3 is 14.9 Å². The summed E-state index contributed by atoms with van der Waals surface area (Å²) in [6.07, 6.45) is 2.31. The smallest absolute Gasteiger partial charge is 0.450 e. The molecule has 0 bridgehead atoms. The summed E-state index contributed by atoms with van der Waals surface area (Å²) in [6.45, 7) is 7.26. The van der Waals surface area contributed by atoms with Crippen LogP contribution in [-0.2, 0) is 4.74 Å². The first kappa shape index (κ1) is 13.6. The second-order valence-electron chi connectivity index (χ2n) is 2.00. The van der Waals surface area contributed by atoms with E-state index in [1.807, 2.05) is 0 Å². The van der Waals surface area contributed by atoms with Crippen LogP contribution in [0, 0.1) is 0 Å². The third kappa shape index (κ3) is 36.2. The first-order valence-electron chi connectivity index (χ1n) is 3.75. The number of hydrogen-bond donors (Lipinski definition) is 2. The lowest BCUT2D eigenvalue weighted by molar-refractivity contribution is 0.137. The fourth-order valence-electron chi connectivity index (χ4n) is 0.413. The van der Waals surface area contributed by atoms with Gasteiger partial charge in [0.25, 0.3) is 0 Å². The quantitative estimate of drug-likeness (QED) is 0.498. The molecule has 4 heteroatoms. The molecule has 0 aliphatic rings. The minimum atomic E-state index is -1.83. The van der Waals surface area contributed by atoms with E-state index in [1.165, 1.54) is 6.42 Å². The third-order valence-corrected chi connectivity index (χ3v) is 0.878. The number of rotatable bonds is 5. The van der Waals surface area contributed by atoms with Crippen LogP contribution >= 0.6 is 0 Å². The van der Waals surface area contributed by atoms with Gasteiger partial charge in [0, 0.05) is 6.61 Å². The van der Waals surface area contributed by atoms with Gasteiger partial charge in [-0.2, -0.15) is 0 Å². The van der Waals surface area contributed by atoms with Crippen LogP contribution in [0.1, 0.15) is 19.8 Å². The highest BCUT2D eigenvalue weighted by Gasteiger charge is 1.79. The molecule has 0 fully saturated rings. The highest BCUT2D eigenvalue weighted by molar-refractivity contribution is 5.53. The summed E-state index contributed by atoms with van der Waals surface area (Å²) in [6, 6.07) is 0. The molecule has 0 unspecified atom stereocenters. The second-order valence-corrected chi connectivity index (χ2v) is 2.00. The molecule has 0 saturated carbocycles. The van der Waals surface area contributed by atoms with Gasteiger partial charge in [-0.25, -0.2) is 4.79 Å². The summed E-state index contributed by atoms with van der Waals surface area (Å²) in [5.74, 6) is 0. The number of unbranched alkanes of at least 4 members (excludes halogenated alkanes) is 1. The predicted octanol–water partition coefficient (Wildman–Crippen LogP) is 2.21. The molecule has 0 heterocycles. The third-order valence-electron chi connectivity index (χ3n) is 0.878. The van der Waals surface area contributed by atoms with E-state index >= 15 is 0 Å². The van der Waals surface area contributed by atoms with E-state index < -0.39 is 6.16 Å². The molecule has 0 radical (unpaired) electrons. The molecule has 4 nitrogen and oxygen atoms in total. The highest BCUT2D eigenvalue weighted by Crippen LogP contribution is 1.86. The van der Waals surface area contributed by atoms with Gasteiger partial charge in [0.2, 0.25) is 0 Å². The first-order chi connectivity index (χ1) is 5.65. The molecule has 72 valence electrons. The van der Waals surface area contributed by atoms with Gasteiger partial charge in [-0.1, -0.05) is 19.4 Å². The molecule has 0 saturated heterocycles. The van der Waals surface area contributed by atoms with Crippen LogP contribution in [0.3, 0.4) is 0 Å². The molecular weight excluding hydrogens is 160 g/mol. The summed E-state index contributed by atoms with van der Waals surface area (Å²) >= 11 is 0.